The van der Waals surface area contributed by atoms with Crippen molar-refractivity contribution in [1.82, 2.24) is 19.6 Å². The molecule has 0 bridgehead atoms. The van der Waals surface area contributed by atoms with Gasteiger partial charge in [-0.15, -0.1) is 0 Å². The van der Waals surface area contributed by atoms with Gasteiger partial charge in [0.1, 0.15) is 0 Å². The molecule has 1 aliphatic rings. The Kier molecular flexibility index (Phi) is 43.9. The number of unbranched alkanes of at least 4 members (excludes halogenated alkanes) is 30. The highest BCUT2D eigenvalue weighted by molar-refractivity contribution is 5.78. The van der Waals surface area contributed by atoms with Crippen molar-refractivity contribution < 1.29 is 4.79 Å². The van der Waals surface area contributed by atoms with Crippen LogP contribution in [0, 0.1) is 5.92 Å². The van der Waals surface area contributed by atoms with Gasteiger partial charge in [-0.25, -0.2) is 0 Å². The van der Waals surface area contributed by atoms with Gasteiger partial charge < -0.3 is 14.7 Å². The van der Waals surface area contributed by atoms with Gasteiger partial charge in [0.2, 0.25) is 5.91 Å². The van der Waals surface area contributed by atoms with Crippen molar-refractivity contribution in [3.8, 4) is 0 Å². The summed E-state index contributed by atoms with van der Waals surface area (Å²) in [5.41, 5.74) is 0. The van der Waals surface area contributed by atoms with E-state index in [4.69, 9.17) is 0 Å². The highest BCUT2D eigenvalue weighted by atomic mass is 16.2. The standard InChI is InChI=1S/C56H114N4O/c1-6-11-16-21-26-31-36-44-57(45-37-32-27-22-17-12-7-2)50-43-55-42-41-49-60(53-55)56(61)54-59(48-40-35-30-25-20-15-10-5)52-51-58(46-38-33-28-23-18-13-8-3)47-39-34-29-24-19-14-9-4/h55H,6-54H2,1-5H3/t55-/m1/s1. The summed E-state index contributed by atoms with van der Waals surface area (Å²) in [6, 6.07) is 0. The van der Waals surface area contributed by atoms with Crippen LogP contribution < -0.4 is 0 Å². The quantitative estimate of drug-likeness (QED) is 0.0570. The summed E-state index contributed by atoms with van der Waals surface area (Å²) in [7, 11) is 0. The number of hydrogen-bond donors (Lipinski definition) is 0. The first-order chi connectivity index (χ1) is 30.1. The Labute approximate surface area is 385 Å². The van der Waals surface area contributed by atoms with E-state index in [-0.39, 0.29) is 0 Å². The number of rotatable bonds is 48. The summed E-state index contributed by atoms with van der Waals surface area (Å²) in [6.07, 6.45) is 52.0. The van der Waals surface area contributed by atoms with Crippen LogP contribution in [0.4, 0.5) is 0 Å². The van der Waals surface area contributed by atoms with Crippen LogP contribution in [0.2, 0.25) is 0 Å². The van der Waals surface area contributed by atoms with Crippen LogP contribution in [-0.4, -0.2) is 97.5 Å². The second kappa shape index (κ2) is 45.9. The third kappa shape index (κ3) is 37.3. The van der Waals surface area contributed by atoms with Gasteiger partial charge in [-0.05, 0) is 96.6 Å². The van der Waals surface area contributed by atoms with Crippen molar-refractivity contribution in [3.05, 3.63) is 0 Å². The summed E-state index contributed by atoms with van der Waals surface area (Å²) in [6.45, 7) is 23.7. The first-order valence-electron chi connectivity index (χ1n) is 28.5. The minimum absolute atomic E-state index is 0.418. The molecule has 0 unspecified atom stereocenters. The third-order valence-electron chi connectivity index (χ3n) is 14.2. The maximum Gasteiger partial charge on any atom is 0.236 e. The van der Waals surface area contributed by atoms with Crippen LogP contribution in [-0.2, 0) is 4.79 Å². The van der Waals surface area contributed by atoms with Gasteiger partial charge in [0, 0.05) is 26.2 Å². The molecule has 0 radical (unpaired) electrons. The first-order valence-corrected chi connectivity index (χ1v) is 28.5. The summed E-state index contributed by atoms with van der Waals surface area (Å²) in [5, 5.41) is 0. The van der Waals surface area contributed by atoms with Gasteiger partial charge >= 0.3 is 0 Å². The molecule has 0 saturated carbocycles. The molecule has 0 spiro atoms. The minimum atomic E-state index is 0.418. The molecule has 5 nitrogen and oxygen atoms in total. The highest BCUT2D eigenvalue weighted by Gasteiger charge is 2.25. The lowest BCUT2D eigenvalue weighted by molar-refractivity contribution is -0.134. The number of hydrogen-bond acceptors (Lipinski definition) is 4. The largest absolute Gasteiger partial charge is 0.341 e. The van der Waals surface area contributed by atoms with Crippen molar-refractivity contribution in [2.24, 2.45) is 5.92 Å². The summed E-state index contributed by atoms with van der Waals surface area (Å²) in [4.78, 5) is 24.7. The lowest BCUT2D eigenvalue weighted by Crippen LogP contribution is -2.47. The van der Waals surface area contributed by atoms with E-state index in [1.807, 2.05) is 0 Å². The SMILES string of the molecule is CCCCCCCCCN(CCCCCCCCC)CC[C@H]1CCCN(C(=O)CN(CCCCCCCCC)CCN(CCCCCCCCC)CCCCCCCCC)C1. The Morgan fingerprint density at radius 3 is 1.03 bits per heavy atom. The summed E-state index contributed by atoms with van der Waals surface area (Å²) in [5.74, 6) is 1.08. The Hall–Kier alpha value is -0.650. The number of nitrogens with zero attached hydrogens (tertiary/aromatic N) is 4. The van der Waals surface area contributed by atoms with Crippen molar-refractivity contribution >= 4 is 5.91 Å². The molecule has 1 rings (SSSR count). The molecule has 0 aliphatic carbocycles. The average molecular weight is 860 g/mol. The Morgan fingerprint density at radius 1 is 0.377 bits per heavy atom. The number of likely N-dealkylation sites (tertiary alicyclic amines) is 1. The molecule has 0 aromatic carbocycles. The van der Waals surface area contributed by atoms with Crippen LogP contribution in [0.1, 0.15) is 279 Å². The number of carbonyl (C=O) groups excluding carboxylic acids is 1. The van der Waals surface area contributed by atoms with E-state index in [1.165, 1.54) is 277 Å². The Balaban J connectivity index is 2.80. The lowest BCUT2D eigenvalue weighted by atomic mass is 9.94. The highest BCUT2D eigenvalue weighted by Crippen LogP contribution is 2.22. The maximum absolute atomic E-state index is 14.2. The first kappa shape index (κ1) is 58.4. The molecule has 1 saturated heterocycles. The fourth-order valence-electron chi connectivity index (χ4n) is 9.87. The normalized spacial score (nSPS) is 14.7. The van der Waals surface area contributed by atoms with E-state index in [0.717, 1.165) is 32.7 Å². The predicted octanol–water partition coefficient (Wildman–Crippen LogP) is 16.3. The third-order valence-corrected chi connectivity index (χ3v) is 14.2. The molecular weight excluding hydrogens is 745 g/mol. The maximum atomic E-state index is 14.2. The molecule has 5 heteroatoms. The van der Waals surface area contributed by atoms with Gasteiger partial charge in [0.15, 0.2) is 0 Å². The number of piperidine rings is 1. The fraction of sp³-hybridized carbons (Fsp3) is 0.982. The molecule has 61 heavy (non-hydrogen) atoms. The van der Waals surface area contributed by atoms with E-state index in [9.17, 15) is 4.79 Å². The van der Waals surface area contributed by atoms with Crippen LogP contribution in [0.25, 0.3) is 0 Å². The molecule has 1 atom stereocenters. The average Bonchev–Trinajstić information content (AvgIpc) is 3.27. The molecule has 1 fully saturated rings. The molecule has 364 valence electrons. The smallest absolute Gasteiger partial charge is 0.236 e. The summed E-state index contributed by atoms with van der Waals surface area (Å²) >= 11 is 0. The second-order valence-electron chi connectivity index (χ2n) is 20.2. The van der Waals surface area contributed by atoms with Crippen LogP contribution in [0.3, 0.4) is 0 Å². The van der Waals surface area contributed by atoms with Crippen LogP contribution in [0.15, 0.2) is 0 Å². The lowest BCUT2D eigenvalue weighted by Gasteiger charge is -2.36. The zero-order valence-electron chi connectivity index (χ0n) is 42.9. The van der Waals surface area contributed by atoms with E-state index in [1.54, 1.807) is 0 Å². The van der Waals surface area contributed by atoms with Crippen LogP contribution in [0.5, 0.6) is 0 Å². The molecule has 0 aromatic rings. The van der Waals surface area contributed by atoms with Gasteiger partial charge in [0.25, 0.3) is 0 Å². The number of amides is 1. The van der Waals surface area contributed by atoms with Crippen molar-refractivity contribution in [3.63, 3.8) is 0 Å². The van der Waals surface area contributed by atoms with Gasteiger partial charge in [-0.3, -0.25) is 9.69 Å². The Bertz CT molecular complexity index is 847. The van der Waals surface area contributed by atoms with E-state index >= 15 is 0 Å². The molecule has 1 amide bonds. The second-order valence-corrected chi connectivity index (χ2v) is 20.2. The molecular formula is C56H114N4O. The van der Waals surface area contributed by atoms with E-state index < -0.39 is 0 Å². The fourth-order valence-corrected chi connectivity index (χ4v) is 9.87. The van der Waals surface area contributed by atoms with Crippen LogP contribution >= 0.6 is 0 Å². The monoisotopic (exact) mass is 859 g/mol. The summed E-state index contributed by atoms with van der Waals surface area (Å²) < 4.78 is 0. The predicted molar refractivity (Wildman–Crippen MR) is 273 cm³/mol. The van der Waals surface area contributed by atoms with Gasteiger partial charge in [-0.2, -0.15) is 0 Å². The van der Waals surface area contributed by atoms with E-state index in [2.05, 4.69) is 54.2 Å². The topological polar surface area (TPSA) is 30.0 Å². The van der Waals surface area contributed by atoms with E-state index in [0.29, 0.717) is 18.4 Å². The molecule has 1 aliphatic heterocycles. The van der Waals surface area contributed by atoms with Crippen molar-refractivity contribution in [2.45, 2.75) is 279 Å². The molecule has 0 N–H and O–H groups in total. The zero-order valence-corrected chi connectivity index (χ0v) is 42.9. The van der Waals surface area contributed by atoms with Gasteiger partial charge in [-0.1, -0.05) is 227 Å². The Morgan fingerprint density at radius 2 is 0.672 bits per heavy atom. The van der Waals surface area contributed by atoms with Crippen molar-refractivity contribution in [1.29, 1.82) is 0 Å². The molecule has 0 aromatic heterocycles. The zero-order chi connectivity index (χ0) is 44.1. The molecule has 1 heterocycles. The minimum Gasteiger partial charge on any atom is -0.341 e. The van der Waals surface area contributed by atoms with Gasteiger partial charge in [0.05, 0.1) is 6.54 Å². The number of carbonyl (C=O) groups is 1. The van der Waals surface area contributed by atoms with Crippen molar-refractivity contribution in [2.75, 3.05) is 72.0 Å².